The maximum absolute atomic E-state index is 12.9. The summed E-state index contributed by atoms with van der Waals surface area (Å²) >= 11 is 0. The van der Waals surface area contributed by atoms with Gasteiger partial charge in [0.1, 0.15) is 18.2 Å². The third-order valence-electron chi connectivity index (χ3n) is 6.30. The van der Waals surface area contributed by atoms with E-state index >= 15 is 0 Å². The summed E-state index contributed by atoms with van der Waals surface area (Å²) < 4.78 is 41.3. The highest BCUT2D eigenvalue weighted by Crippen LogP contribution is 2.35. The molecular weight excluding hydrogens is 485 g/mol. The second-order valence-electron chi connectivity index (χ2n) is 9.59. The monoisotopic (exact) mass is 514 g/mol. The topological polar surface area (TPSA) is 129 Å². The number of hydrogen-bond acceptors (Lipinski definition) is 8. The molecule has 5 heterocycles. The summed E-state index contributed by atoms with van der Waals surface area (Å²) in [6, 6.07) is 5.62. The van der Waals surface area contributed by atoms with Crippen molar-refractivity contribution < 1.29 is 13.2 Å². The lowest BCUT2D eigenvalue weighted by molar-refractivity contribution is -0.142. The molecule has 0 aromatic carbocycles. The lowest BCUT2D eigenvalue weighted by atomic mass is 10.0. The Labute approximate surface area is 211 Å². The van der Waals surface area contributed by atoms with E-state index < -0.39 is 12.7 Å². The molecule has 1 aliphatic rings. The van der Waals surface area contributed by atoms with E-state index in [0.29, 0.717) is 40.8 Å². The predicted molar refractivity (Wildman–Crippen MR) is 137 cm³/mol. The Morgan fingerprint density at radius 2 is 2.00 bits per heavy atom. The van der Waals surface area contributed by atoms with Crippen LogP contribution in [0.15, 0.2) is 36.8 Å². The predicted octanol–water partition coefficient (Wildman–Crippen LogP) is 4.09. The largest absolute Gasteiger partial charge is 0.408 e. The molecule has 5 N–H and O–H groups in total. The third kappa shape index (κ3) is 5.31. The van der Waals surface area contributed by atoms with Gasteiger partial charge in [0, 0.05) is 60.4 Å². The second kappa shape index (κ2) is 9.54. The van der Waals surface area contributed by atoms with Crippen molar-refractivity contribution in [2.45, 2.75) is 51.5 Å². The number of pyridine rings is 2. The Bertz CT molecular complexity index is 1410. The molecule has 37 heavy (non-hydrogen) atoms. The second-order valence-corrected chi connectivity index (χ2v) is 9.59. The fraction of sp³-hybridized carbons (Fsp3) is 0.417. The highest BCUT2D eigenvalue weighted by atomic mass is 19.4. The molecule has 0 saturated carbocycles. The van der Waals surface area contributed by atoms with Crippen molar-refractivity contribution in [3.05, 3.63) is 36.8 Å². The first-order chi connectivity index (χ1) is 17.6. The summed E-state index contributed by atoms with van der Waals surface area (Å²) in [5.74, 6) is 1.52. The molecule has 1 atom stereocenters. The molecule has 1 saturated heterocycles. The quantitative estimate of drug-likeness (QED) is 0.351. The van der Waals surface area contributed by atoms with E-state index in [9.17, 15) is 13.2 Å². The van der Waals surface area contributed by atoms with Gasteiger partial charge in [-0.25, -0.2) is 14.6 Å². The van der Waals surface area contributed by atoms with Crippen LogP contribution in [0.4, 0.5) is 36.3 Å². The number of alkyl halides is 3. The van der Waals surface area contributed by atoms with Crippen LogP contribution in [0.3, 0.4) is 0 Å². The number of aromatic nitrogens is 6. The van der Waals surface area contributed by atoms with E-state index in [4.69, 9.17) is 16.5 Å². The Morgan fingerprint density at radius 1 is 1.19 bits per heavy atom. The van der Waals surface area contributed by atoms with Crippen molar-refractivity contribution in [2.24, 2.45) is 5.73 Å². The van der Waals surface area contributed by atoms with Gasteiger partial charge in [-0.1, -0.05) is 0 Å². The molecule has 10 nitrogen and oxygen atoms in total. The van der Waals surface area contributed by atoms with E-state index in [0.717, 1.165) is 35.1 Å². The van der Waals surface area contributed by atoms with Gasteiger partial charge in [-0.15, -0.1) is 0 Å². The average molecular weight is 515 g/mol. The van der Waals surface area contributed by atoms with Gasteiger partial charge in [0.25, 0.3) is 0 Å². The molecule has 0 amide bonds. The lowest BCUT2D eigenvalue weighted by Crippen LogP contribution is -2.43. The SMILES string of the molecule is CC(C)n1nc(N)c2ccc(Nc3cc(N4CCC[C@H](N)C4)c(-c4cnn(CC(F)(F)F)c4)cn3)nc21. The van der Waals surface area contributed by atoms with Gasteiger partial charge < -0.3 is 21.7 Å². The molecule has 4 aromatic heterocycles. The maximum Gasteiger partial charge on any atom is 0.408 e. The van der Waals surface area contributed by atoms with Crippen LogP contribution < -0.4 is 21.7 Å². The highest BCUT2D eigenvalue weighted by Gasteiger charge is 2.29. The minimum absolute atomic E-state index is 0.00461. The molecule has 13 heteroatoms. The molecule has 196 valence electrons. The Morgan fingerprint density at radius 3 is 2.73 bits per heavy atom. The molecule has 5 rings (SSSR count). The van der Waals surface area contributed by atoms with Gasteiger partial charge >= 0.3 is 6.18 Å². The number of fused-ring (bicyclic) bond motifs is 1. The Balaban J connectivity index is 1.50. The number of halogens is 3. The van der Waals surface area contributed by atoms with E-state index in [1.165, 1.54) is 12.4 Å². The minimum atomic E-state index is -4.36. The molecule has 4 aromatic rings. The van der Waals surface area contributed by atoms with Crippen LogP contribution in [0.2, 0.25) is 0 Å². The van der Waals surface area contributed by atoms with Gasteiger partial charge in [0.15, 0.2) is 11.5 Å². The van der Waals surface area contributed by atoms with Crippen LogP contribution in [0.5, 0.6) is 0 Å². The van der Waals surface area contributed by atoms with Gasteiger partial charge in [0.2, 0.25) is 0 Å². The van der Waals surface area contributed by atoms with Crippen LogP contribution in [0.1, 0.15) is 32.7 Å². The first-order valence-electron chi connectivity index (χ1n) is 12.1. The van der Waals surface area contributed by atoms with Crippen molar-refractivity contribution in [2.75, 3.05) is 29.0 Å². The third-order valence-corrected chi connectivity index (χ3v) is 6.30. The fourth-order valence-electron chi connectivity index (χ4n) is 4.60. The molecule has 0 spiro atoms. The average Bonchev–Trinajstić information content (AvgIpc) is 3.42. The number of nitrogens with one attached hydrogen (secondary N) is 1. The van der Waals surface area contributed by atoms with Gasteiger partial charge in [-0.3, -0.25) is 4.68 Å². The summed E-state index contributed by atoms with van der Waals surface area (Å²) in [4.78, 5) is 11.4. The zero-order valence-electron chi connectivity index (χ0n) is 20.6. The fourth-order valence-corrected chi connectivity index (χ4v) is 4.60. The van der Waals surface area contributed by atoms with Crippen molar-refractivity contribution in [3.8, 4) is 11.1 Å². The summed E-state index contributed by atoms with van der Waals surface area (Å²) in [5, 5.41) is 12.3. The van der Waals surface area contributed by atoms with Gasteiger partial charge in [-0.2, -0.15) is 23.4 Å². The molecule has 1 aliphatic heterocycles. The maximum atomic E-state index is 12.9. The number of anilines is 4. The Kier molecular flexibility index (Phi) is 6.40. The lowest BCUT2D eigenvalue weighted by Gasteiger charge is -2.34. The number of hydrogen-bond donors (Lipinski definition) is 3. The van der Waals surface area contributed by atoms with Crippen LogP contribution in [-0.4, -0.2) is 54.8 Å². The molecule has 1 fully saturated rings. The number of nitrogens with zero attached hydrogens (tertiary/aromatic N) is 7. The van der Waals surface area contributed by atoms with Crippen LogP contribution in [-0.2, 0) is 6.54 Å². The van der Waals surface area contributed by atoms with Crippen molar-refractivity contribution >= 4 is 34.2 Å². The molecule has 0 aliphatic carbocycles. The highest BCUT2D eigenvalue weighted by molar-refractivity contribution is 5.88. The van der Waals surface area contributed by atoms with Gasteiger partial charge in [-0.05, 0) is 38.8 Å². The summed E-state index contributed by atoms with van der Waals surface area (Å²) in [6.45, 7) is 4.25. The molecule has 0 unspecified atom stereocenters. The minimum Gasteiger partial charge on any atom is -0.382 e. The smallest absolute Gasteiger partial charge is 0.382 e. The molecule has 0 bridgehead atoms. The van der Waals surface area contributed by atoms with E-state index in [-0.39, 0.29) is 12.1 Å². The van der Waals surface area contributed by atoms with E-state index in [2.05, 4.69) is 25.4 Å². The normalized spacial score (nSPS) is 16.6. The van der Waals surface area contributed by atoms with E-state index in [1.807, 2.05) is 26.0 Å². The number of nitrogens with two attached hydrogens (primary N) is 2. The van der Waals surface area contributed by atoms with Gasteiger partial charge in [0.05, 0.1) is 11.6 Å². The number of rotatable bonds is 6. The zero-order chi connectivity index (χ0) is 26.3. The van der Waals surface area contributed by atoms with Crippen LogP contribution >= 0.6 is 0 Å². The summed E-state index contributed by atoms with van der Waals surface area (Å²) in [6.07, 6.45) is 1.93. The summed E-state index contributed by atoms with van der Waals surface area (Å²) in [7, 11) is 0. The van der Waals surface area contributed by atoms with Crippen LogP contribution in [0.25, 0.3) is 22.2 Å². The zero-order valence-corrected chi connectivity index (χ0v) is 20.6. The Hall–Kier alpha value is -3.87. The summed E-state index contributed by atoms with van der Waals surface area (Å²) in [5.41, 5.74) is 15.0. The number of nitrogen functional groups attached to an aromatic ring is 1. The van der Waals surface area contributed by atoms with Crippen molar-refractivity contribution in [3.63, 3.8) is 0 Å². The standard InChI is InChI=1S/C24H29F3N10/c1-14(2)37-23-17(22(29)34-37)5-6-20(33-23)32-21-8-19(35-7-3-4-16(28)12-35)18(10-30-21)15-9-31-36(11-15)13-24(25,26)27/h5-6,8-11,14,16H,3-4,7,12-13,28H2,1-2H3,(H2,29,34)(H,30,32,33)/t16-/m0/s1. The van der Waals surface area contributed by atoms with Crippen LogP contribution in [0, 0.1) is 0 Å². The number of piperidine rings is 1. The van der Waals surface area contributed by atoms with E-state index in [1.54, 1.807) is 16.9 Å². The first-order valence-corrected chi connectivity index (χ1v) is 12.1. The first kappa shape index (κ1) is 24.8. The molecule has 0 radical (unpaired) electrons. The molecular formula is C24H29F3N10. The van der Waals surface area contributed by atoms with Crippen molar-refractivity contribution in [1.82, 2.24) is 29.5 Å². The van der Waals surface area contributed by atoms with Crippen molar-refractivity contribution in [1.29, 1.82) is 0 Å².